The highest BCUT2D eigenvalue weighted by Gasteiger charge is 2.09. The zero-order chi connectivity index (χ0) is 13.0. The summed E-state index contributed by atoms with van der Waals surface area (Å²) in [6.07, 6.45) is 1.56. The van der Waals surface area contributed by atoms with E-state index in [1.807, 2.05) is 26.8 Å². The van der Waals surface area contributed by atoms with Crippen LogP contribution in [0.25, 0.3) is 0 Å². The minimum atomic E-state index is -0.108. The summed E-state index contributed by atoms with van der Waals surface area (Å²) in [6, 6.07) is 5.23. The standard InChI is InChI=1S/C13H15Cl2NO/c1-8(2)6-13(17)16-9(3)10-4-5-11(14)12(15)7-10/h4-7,9H,1-3H3,(H,16,17). The van der Waals surface area contributed by atoms with Crippen LogP contribution < -0.4 is 5.32 Å². The van der Waals surface area contributed by atoms with Crippen molar-refractivity contribution in [1.29, 1.82) is 0 Å². The maximum atomic E-state index is 11.5. The first-order valence-corrected chi connectivity index (χ1v) is 6.06. The van der Waals surface area contributed by atoms with E-state index in [4.69, 9.17) is 23.2 Å². The third kappa shape index (κ3) is 4.41. The SMILES string of the molecule is CC(C)=CC(=O)NC(C)c1ccc(Cl)c(Cl)c1. The lowest BCUT2D eigenvalue weighted by molar-refractivity contribution is -0.117. The van der Waals surface area contributed by atoms with Crippen molar-refractivity contribution in [1.82, 2.24) is 5.32 Å². The van der Waals surface area contributed by atoms with Gasteiger partial charge in [0.15, 0.2) is 0 Å². The first-order valence-electron chi connectivity index (χ1n) is 5.30. The van der Waals surface area contributed by atoms with Crippen LogP contribution in [0.2, 0.25) is 10.0 Å². The molecule has 0 heterocycles. The fourth-order valence-electron chi connectivity index (χ4n) is 1.38. The predicted octanol–water partition coefficient (Wildman–Crippen LogP) is 4.14. The Labute approximate surface area is 112 Å². The largest absolute Gasteiger partial charge is 0.346 e. The van der Waals surface area contributed by atoms with Gasteiger partial charge in [0.25, 0.3) is 0 Å². The number of benzene rings is 1. The van der Waals surface area contributed by atoms with Gasteiger partial charge in [0.1, 0.15) is 0 Å². The monoisotopic (exact) mass is 271 g/mol. The van der Waals surface area contributed by atoms with Crippen LogP contribution in [-0.4, -0.2) is 5.91 Å². The highest BCUT2D eigenvalue weighted by atomic mass is 35.5. The van der Waals surface area contributed by atoms with E-state index in [-0.39, 0.29) is 11.9 Å². The Balaban J connectivity index is 2.76. The molecule has 0 radical (unpaired) electrons. The zero-order valence-electron chi connectivity index (χ0n) is 10.1. The summed E-state index contributed by atoms with van der Waals surface area (Å²) < 4.78 is 0. The normalized spacial score (nSPS) is 11.8. The highest BCUT2D eigenvalue weighted by molar-refractivity contribution is 6.42. The fraction of sp³-hybridized carbons (Fsp3) is 0.308. The molecular weight excluding hydrogens is 257 g/mol. The Kier molecular flexibility index (Phi) is 5.03. The molecule has 1 amide bonds. The van der Waals surface area contributed by atoms with Crippen molar-refractivity contribution in [2.45, 2.75) is 26.8 Å². The number of amides is 1. The quantitative estimate of drug-likeness (QED) is 0.823. The molecule has 4 heteroatoms. The van der Waals surface area contributed by atoms with E-state index >= 15 is 0 Å². The number of nitrogens with one attached hydrogen (secondary N) is 1. The summed E-state index contributed by atoms with van der Waals surface area (Å²) in [4.78, 5) is 11.5. The maximum absolute atomic E-state index is 11.5. The lowest BCUT2D eigenvalue weighted by Crippen LogP contribution is -2.24. The molecule has 1 aromatic rings. The molecule has 1 atom stereocenters. The van der Waals surface area contributed by atoms with E-state index in [1.165, 1.54) is 0 Å². The van der Waals surface area contributed by atoms with Gasteiger partial charge < -0.3 is 5.32 Å². The number of hydrogen-bond donors (Lipinski definition) is 1. The lowest BCUT2D eigenvalue weighted by atomic mass is 10.1. The van der Waals surface area contributed by atoms with Crippen molar-refractivity contribution in [3.63, 3.8) is 0 Å². The van der Waals surface area contributed by atoms with E-state index in [0.29, 0.717) is 10.0 Å². The van der Waals surface area contributed by atoms with Crippen LogP contribution in [0.3, 0.4) is 0 Å². The summed E-state index contributed by atoms with van der Waals surface area (Å²) in [5.74, 6) is -0.108. The zero-order valence-corrected chi connectivity index (χ0v) is 11.6. The van der Waals surface area contributed by atoms with Gasteiger partial charge in [-0.3, -0.25) is 4.79 Å². The number of halogens is 2. The molecular formula is C13H15Cl2NO. The average Bonchev–Trinajstić information content (AvgIpc) is 2.20. The first-order chi connectivity index (χ1) is 7.90. The van der Waals surface area contributed by atoms with Crippen molar-refractivity contribution < 1.29 is 4.79 Å². The Morgan fingerprint density at radius 1 is 1.29 bits per heavy atom. The van der Waals surface area contributed by atoms with Crippen LogP contribution in [0, 0.1) is 0 Å². The van der Waals surface area contributed by atoms with Crippen LogP contribution in [0.4, 0.5) is 0 Å². The van der Waals surface area contributed by atoms with Crippen molar-refractivity contribution in [3.8, 4) is 0 Å². The van der Waals surface area contributed by atoms with Crippen LogP contribution in [0.1, 0.15) is 32.4 Å². The highest BCUT2D eigenvalue weighted by Crippen LogP contribution is 2.25. The number of allylic oxidation sites excluding steroid dienone is 1. The van der Waals surface area contributed by atoms with E-state index in [9.17, 15) is 4.79 Å². The summed E-state index contributed by atoms with van der Waals surface area (Å²) in [7, 11) is 0. The fourth-order valence-corrected chi connectivity index (χ4v) is 1.69. The third-order valence-electron chi connectivity index (χ3n) is 2.22. The number of hydrogen-bond acceptors (Lipinski definition) is 1. The molecule has 0 aromatic heterocycles. The Bertz CT molecular complexity index is 451. The van der Waals surface area contributed by atoms with Crippen molar-refractivity contribution in [2.24, 2.45) is 0 Å². The summed E-state index contributed by atoms with van der Waals surface area (Å²) in [5.41, 5.74) is 1.89. The average molecular weight is 272 g/mol. The van der Waals surface area contributed by atoms with Gasteiger partial charge in [-0.2, -0.15) is 0 Å². The van der Waals surface area contributed by atoms with Crippen LogP contribution in [-0.2, 0) is 4.79 Å². The van der Waals surface area contributed by atoms with E-state index < -0.39 is 0 Å². The third-order valence-corrected chi connectivity index (χ3v) is 2.96. The first kappa shape index (κ1) is 14.1. The minimum Gasteiger partial charge on any atom is -0.346 e. The Morgan fingerprint density at radius 2 is 1.94 bits per heavy atom. The van der Waals surface area contributed by atoms with Crippen LogP contribution in [0.5, 0.6) is 0 Å². The van der Waals surface area contributed by atoms with Gasteiger partial charge in [-0.15, -0.1) is 0 Å². The smallest absolute Gasteiger partial charge is 0.244 e. The van der Waals surface area contributed by atoms with Gasteiger partial charge in [-0.1, -0.05) is 34.8 Å². The van der Waals surface area contributed by atoms with Gasteiger partial charge in [0.05, 0.1) is 16.1 Å². The molecule has 0 aliphatic carbocycles. The predicted molar refractivity (Wildman–Crippen MR) is 72.5 cm³/mol. The number of rotatable bonds is 3. The maximum Gasteiger partial charge on any atom is 0.244 e. The van der Waals surface area contributed by atoms with Gasteiger partial charge >= 0.3 is 0 Å². The van der Waals surface area contributed by atoms with Crippen molar-refractivity contribution in [3.05, 3.63) is 45.5 Å². The van der Waals surface area contributed by atoms with E-state index in [0.717, 1.165) is 11.1 Å². The summed E-state index contributed by atoms with van der Waals surface area (Å²) >= 11 is 11.8. The van der Waals surface area contributed by atoms with E-state index in [2.05, 4.69) is 5.32 Å². The molecule has 0 saturated heterocycles. The molecule has 2 nitrogen and oxygen atoms in total. The lowest BCUT2D eigenvalue weighted by Gasteiger charge is -2.13. The van der Waals surface area contributed by atoms with Crippen LogP contribution >= 0.6 is 23.2 Å². The Morgan fingerprint density at radius 3 is 2.47 bits per heavy atom. The van der Waals surface area contributed by atoms with E-state index in [1.54, 1.807) is 18.2 Å². The minimum absolute atomic E-state index is 0.104. The summed E-state index contributed by atoms with van der Waals surface area (Å²) in [5, 5.41) is 3.86. The molecule has 1 unspecified atom stereocenters. The molecule has 92 valence electrons. The molecule has 0 aliphatic heterocycles. The van der Waals surface area contributed by atoms with Gasteiger partial charge in [0, 0.05) is 6.08 Å². The summed E-state index contributed by atoms with van der Waals surface area (Å²) in [6.45, 7) is 5.66. The molecule has 0 bridgehead atoms. The molecule has 1 N–H and O–H groups in total. The van der Waals surface area contributed by atoms with Gasteiger partial charge in [0.2, 0.25) is 5.91 Å². The second-order valence-corrected chi connectivity index (χ2v) is 4.94. The molecule has 0 spiro atoms. The molecule has 17 heavy (non-hydrogen) atoms. The second-order valence-electron chi connectivity index (χ2n) is 4.13. The van der Waals surface area contributed by atoms with Crippen molar-refractivity contribution >= 4 is 29.1 Å². The van der Waals surface area contributed by atoms with Gasteiger partial charge in [-0.05, 0) is 38.5 Å². The molecule has 1 rings (SSSR count). The van der Waals surface area contributed by atoms with Crippen LogP contribution in [0.15, 0.2) is 29.8 Å². The number of carbonyl (C=O) groups excluding carboxylic acids is 1. The Hall–Kier alpha value is -0.990. The van der Waals surface area contributed by atoms with Gasteiger partial charge in [-0.25, -0.2) is 0 Å². The second kappa shape index (κ2) is 6.08. The number of carbonyl (C=O) groups is 1. The topological polar surface area (TPSA) is 29.1 Å². The molecule has 0 fully saturated rings. The van der Waals surface area contributed by atoms with Crippen molar-refractivity contribution in [2.75, 3.05) is 0 Å². The molecule has 0 saturated carbocycles. The molecule has 1 aromatic carbocycles. The molecule has 0 aliphatic rings.